The average Bonchev–Trinajstić information content (AvgIpc) is 3.49. The van der Waals surface area contributed by atoms with E-state index in [2.05, 4.69) is 15.2 Å². The molecule has 9 nitrogen and oxygen atoms in total. The minimum Gasteiger partial charge on any atom is -0.383 e. The Hall–Kier alpha value is -3.69. The highest BCUT2D eigenvalue weighted by Gasteiger charge is 2.23. The van der Waals surface area contributed by atoms with E-state index in [1.165, 1.54) is 4.40 Å². The van der Waals surface area contributed by atoms with Gasteiger partial charge in [-0.1, -0.05) is 6.07 Å². The van der Waals surface area contributed by atoms with Crippen LogP contribution >= 0.6 is 0 Å². The van der Waals surface area contributed by atoms with Gasteiger partial charge in [-0.15, -0.1) is 0 Å². The molecule has 0 spiro atoms. The molecular weight excluding hydrogens is 434 g/mol. The van der Waals surface area contributed by atoms with Gasteiger partial charge in [-0.3, -0.25) is 14.0 Å². The lowest BCUT2D eigenvalue weighted by molar-refractivity contribution is 0.101. The number of hydrogen-bond donors (Lipinski definition) is 1. The molecule has 34 heavy (non-hydrogen) atoms. The van der Waals surface area contributed by atoms with Gasteiger partial charge in [0.15, 0.2) is 0 Å². The minimum atomic E-state index is -0.309. The Labute approximate surface area is 196 Å². The van der Waals surface area contributed by atoms with Crippen molar-refractivity contribution in [1.82, 2.24) is 14.0 Å². The third-order valence-corrected chi connectivity index (χ3v) is 6.30. The molecule has 0 bridgehead atoms. The van der Waals surface area contributed by atoms with Crippen LogP contribution < -0.4 is 15.8 Å². The molecule has 1 aliphatic rings. The number of carbonyl (C=O) groups is 1. The fraction of sp³-hybridized carbons (Fsp3) is 0.320. The number of hydrogen-bond acceptors (Lipinski definition) is 6. The van der Waals surface area contributed by atoms with Gasteiger partial charge in [0.1, 0.15) is 17.0 Å². The number of anilines is 2. The van der Waals surface area contributed by atoms with E-state index in [-0.39, 0.29) is 17.6 Å². The van der Waals surface area contributed by atoms with Gasteiger partial charge in [-0.2, -0.15) is 0 Å². The van der Waals surface area contributed by atoms with Crippen LogP contribution in [0.4, 0.5) is 11.4 Å². The molecule has 1 unspecified atom stereocenters. The first kappa shape index (κ1) is 22.1. The van der Waals surface area contributed by atoms with Gasteiger partial charge in [0, 0.05) is 51.4 Å². The van der Waals surface area contributed by atoms with E-state index < -0.39 is 0 Å². The summed E-state index contributed by atoms with van der Waals surface area (Å²) < 4.78 is 13.9. The highest BCUT2D eigenvalue weighted by molar-refractivity contribution is 6.06. The standard InChI is InChI=1S/C25H27N5O4/c1-33-14-13-29-21(15-20-23(29)27-22-5-3-4-11-30(22)25(20)32)24(31)26-17-6-8-18(9-7-17)28-12-10-19(16-28)34-2/h3-9,11,15,19H,10,12-14,16H2,1-2H3,(H,26,31). The molecule has 0 radical (unpaired) electrons. The molecule has 1 fully saturated rings. The molecule has 1 aromatic carbocycles. The summed E-state index contributed by atoms with van der Waals surface area (Å²) >= 11 is 0. The summed E-state index contributed by atoms with van der Waals surface area (Å²) in [6, 6.07) is 14.7. The van der Waals surface area contributed by atoms with Crippen LogP contribution in [0.2, 0.25) is 0 Å². The molecule has 1 saturated heterocycles. The Bertz CT molecular complexity index is 1390. The zero-order valence-electron chi connectivity index (χ0n) is 19.2. The molecule has 4 aromatic rings. The van der Waals surface area contributed by atoms with E-state index >= 15 is 0 Å². The quantitative estimate of drug-likeness (QED) is 0.455. The lowest BCUT2D eigenvalue weighted by atomic mass is 10.2. The van der Waals surface area contributed by atoms with Crippen LogP contribution in [0.3, 0.4) is 0 Å². The van der Waals surface area contributed by atoms with Gasteiger partial charge in [0.05, 0.1) is 18.1 Å². The van der Waals surface area contributed by atoms with Crippen LogP contribution in [0.5, 0.6) is 0 Å². The predicted molar refractivity (Wildman–Crippen MR) is 131 cm³/mol. The maximum atomic E-state index is 13.3. The van der Waals surface area contributed by atoms with Gasteiger partial charge >= 0.3 is 0 Å². The van der Waals surface area contributed by atoms with Crippen LogP contribution in [0.1, 0.15) is 16.9 Å². The smallest absolute Gasteiger partial charge is 0.272 e. The molecule has 176 valence electrons. The van der Waals surface area contributed by atoms with Crippen molar-refractivity contribution in [2.24, 2.45) is 0 Å². The van der Waals surface area contributed by atoms with Crippen LogP contribution in [0.25, 0.3) is 16.7 Å². The van der Waals surface area contributed by atoms with Gasteiger partial charge in [-0.05, 0) is 48.9 Å². The first-order valence-corrected chi connectivity index (χ1v) is 11.3. The second-order valence-corrected chi connectivity index (χ2v) is 8.35. The molecule has 3 aromatic heterocycles. The molecule has 1 aliphatic heterocycles. The monoisotopic (exact) mass is 461 g/mol. The van der Waals surface area contributed by atoms with E-state index in [4.69, 9.17) is 9.47 Å². The molecule has 5 rings (SSSR count). The summed E-state index contributed by atoms with van der Waals surface area (Å²) in [6.07, 6.45) is 2.93. The van der Waals surface area contributed by atoms with E-state index in [0.29, 0.717) is 41.2 Å². The number of aromatic nitrogens is 3. The zero-order valence-corrected chi connectivity index (χ0v) is 19.2. The molecule has 0 aliphatic carbocycles. The van der Waals surface area contributed by atoms with Crippen molar-refractivity contribution < 1.29 is 14.3 Å². The molecule has 1 N–H and O–H groups in total. The fourth-order valence-corrected chi connectivity index (χ4v) is 4.45. The third kappa shape index (κ3) is 4.04. The lowest BCUT2D eigenvalue weighted by Gasteiger charge is -2.18. The van der Waals surface area contributed by atoms with Gasteiger partial charge in [-0.25, -0.2) is 4.98 Å². The molecule has 1 atom stereocenters. The zero-order chi connectivity index (χ0) is 23.7. The number of carbonyl (C=O) groups excluding carboxylic acids is 1. The van der Waals surface area contributed by atoms with Gasteiger partial charge in [0.2, 0.25) is 0 Å². The summed E-state index contributed by atoms with van der Waals surface area (Å²) in [5.41, 5.74) is 2.91. The second-order valence-electron chi connectivity index (χ2n) is 8.35. The SMILES string of the molecule is COCCn1c(C(=O)Nc2ccc(N3CCC(OC)C3)cc2)cc2c(=O)n3ccccc3nc21. The second kappa shape index (κ2) is 9.28. The molecular formula is C25H27N5O4. The van der Waals surface area contributed by atoms with E-state index in [9.17, 15) is 9.59 Å². The maximum absolute atomic E-state index is 13.3. The highest BCUT2D eigenvalue weighted by Crippen LogP contribution is 2.24. The Morgan fingerprint density at radius 3 is 2.74 bits per heavy atom. The molecule has 1 amide bonds. The van der Waals surface area contributed by atoms with Crippen molar-refractivity contribution in [1.29, 1.82) is 0 Å². The number of benzene rings is 1. The van der Waals surface area contributed by atoms with Crippen molar-refractivity contribution in [3.8, 4) is 0 Å². The number of amides is 1. The summed E-state index contributed by atoms with van der Waals surface area (Å²) in [6.45, 7) is 2.58. The predicted octanol–water partition coefficient (Wildman–Crippen LogP) is 2.77. The van der Waals surface area contributed by atoms with E-state index in [1.54, 1.807) is 43.2 Å². The van der Waals surface area contributed by atoms with Crippen LogP contribution in [-0.2, 0) is 16.0 Å². The van der Waals surface area contributed by atoms with Gasteiger partial charge < -0.3 is 24.3 Å². The van der Waals surface area contributed by atoms with Crippen molar-refractivity contribution >= 4 is 34.0 Å². The van der Waals surface area contributed by atoms with Crippen molar-refractivity contribution in [3.63, 3.8) is 0 Å². The Kier molecular flexibility index (Phi) is 6.04. The minimum absolute atomic E-state index is 0.213. The third-order valence-electron chi connectivity index (χ3n) is 6.30. The first-order valence-electron chi connectivity index (χ1n) is 11.3. The highest BCUT2D eigenvalue weighted by atomic mass is 16.5. The van der Waals surface area contributed by atoms with Gasteiger partial charge in [0.25, 0.3) is 11.5 Å². The van der Waals surface area contributed by atoms with Crippen molar-refractivity contribution in [2.45, 2.75) is 19.1 Å². The summed E-state index contributed by atoms with van der Waals surface area (Å²) in [5, 5.41) is 3.35. The van der Waals surface area contributed by atoms with Crippen LogP contribution in [0, 0.1) is 0 Å². The van der Waals surface area contributed by atoms with Crippen LogP contribution in [0.15, 0.2) is 59.5 Å². The van der Waals surface area contributed by atoms with E-state index in [0.717, 1.165) is 25.2 Å². The largest absolute Gasteiger partial charge is 0.383 e. The Morgan fingerprint density at radius 1 is 1.18 bits per heavy atom. The Morgan fingerprint density at radius 2 is 2.00 bits per heavy atom. The summed E-state index contributed by atoms with van der Waals surface area (Å²) in [5.74, 6) is -0.309. The summed E-state index contributed by atoms with van der Waals surface area (Å²) in [7, 11) is 3.34. The number of pyridine rings is 1. The number of ether oxygens (including phenoxy) is 2. The maximum Gasteiger partial charge on any atom is 0.272 e. The topological polar surface area (TPSA) is 90.1 Å². The fourth-order valence-electron chi connectivity index (χ4n) is 4.45. The Balaban J connectivity index is 1.45. The lowest BCUT2D eigenvalue weighted by Crippen LogP contribution is -2.22. The molecule has 0 saturated carbocycles. The number of methoxy groups -OCH3 is 2. The number of fused-ring (bicyclic) bond motifs is 2. The van der Waals surface area contributed by atoms with Crippen molar-refractivity contribution in [3.05, 3.63) is 70.8 Å². The van der Waals surface area contributed by atoms with Crippen LogP contribution in [-0.4, -0.2) is 59.9 Å². The normalized spacial score (nSPS) is 15.9. The molecule has 4 heterocycles. The van der Waals surface area contributed by atoms with E-state index in [1.807, 2.05) is 30.3 Å². The number of nitrogens with one attached hydrogen (secondary N) is 1. The first-order chi connectivity index (χ1) is 16.6. The summed E-state index contributed by atoms with van der Waals surface area (Å²) in [4.78, 5) is 33.2. The molecule has 9 heteroatoms. The average molecular weight is 462 g/mol. The number of rotatable bonds is 7. The number of nitrogens with zero attached hydrogens (tertiary/aromatic N) is 4. The van der Waals surface area contributed by atoms with Crippen molar-refractivity contribution in [2.75, 3.05) is 44.1 Å².